The maximum Gasteiger partial charge on any atom is 0.164 e. The number of para-hydroxylation sites is 7. The maximum atomic E-state index is 5.25. The monoisotopic (exact) mass is 1890 g/mol. The van der Waals surface area contributed by atoms with Crippen LogP contribution >= 0.6 is 0 Å². The van der Waals surface area contributed by atoms with Crippen molar-refractivity contribution in [2.24, 2.45) is 0 Å². The van der Waals surface area contributed by atoms with E-state index in [1.165, 1.54) is 92.1 Å². The van der Waals surface area contributed by atoms with E-state index < -0.39 is 0 Å². The standard InChI is InChI=1S/C45H29N5.C44H28N6.C44H28N4/c1-4-15-30(16-5-1)43-46-44(31-17-6-2-7-18-31)48-45(47-43)32-19-14-22-34(27-32)50-40-26-13-11-24-36(40)38-28-37-35-23-10-12-25-39(35)49(41(37)29-42(38)50)33-20-8-3-9-21-33;1-4-13-29(14-5-1)42-46-43(30-15-6-2-7-16-30)48-44(47-42)31-17-12-20-33(25-31)50-38-22-11-10-21-34(38)35-26-36-37-28-45-24-23-39(37)49(41(36)27-40(35)50)32-18-8-3-9-19-32;1-4-15-30(16-5-1)38-28-42(46-44(45-38)31-17-6-2-7-18-31)48-39-23-13-12-22-34(39)36-26-40-37(27-41(36)48)35-25-24-29-14-10-11-21-33(29)43(35)47(40)32-19-8-3-9-20-32/h1-29H;1-28H;1-28H. The smallest absolute Gasteiger partial charge is 0.164 e. The summed E-state index contributed by atoms with van der Waals surface area (Å²) in [6.45, 7) is 0. The number of benzene rings is 20. The van der Waals surface area contributed by atoms with Gasteiger partial charge in [0.05, 0.1) is 71.9 Å². The molecule has 148 heavy (non-hydrogen) atoms. The molecule has 0 atom stereocenters. The second-order valence-electron chi connectivity index (χ2n) is 37.2. The molecule has 0 spiro atoms. The van der Waals surface area contributed by atoms with Gasteiger partial charge >= 0.3 is 0 Å². The van der Waals surface area contributed by atoms with E-state index >= 15 is 0 Å². The Labute approximate surface area is 849 Å². The highest BCUT2D eigenvalue weighted by molar-refractivity contribution is 6.25. The topological polar surface area (TPSA) is 146 Å². The molecule has 15 heteroatoms. The van der Waals surface area contributed by atoms with Crippen LogP contribution in [0.25, 0.3) is 267 Å². The Kier molecular flexibility index (Phi) is 20.9. The van der Waals surface area contributed by atoms with Crippen molar-refractivity contribution in [1.82, 2.24) is 72.3 Å². The summed E-state index contributed by atoms with van der Waals surface area (Å²) in [4.78, 5) is 44.7. The minimum atomic E-state index is 0.624. The fourth-order valence-corrected chi connectivity index (χ4v) is 21.8. The van der Waals surface area contributed by atoms with Crippen molar-refractivity contribution < 1.29 is 0 Å². The number of pyridine rings is 1. The highest BCUT2D eigenvalue weighted by atomic mass is 15.1. The fraction of sp³-hybridized carbons (Fsp3) is 0. The van der Waals surface area contributed by atoms with Crippen LogP contribution < -0.4 is 0 Å². The quantitative estimate of drug-likeness (QED) is 0.104. The van der Waals surface area contributed by atoms with Crippen molar-refractivity contribution >= 4 is 142 Å². The Morgan fingerprint density at radius 3 is 0.838 bits per heavy atom. The van der Waals surface area contributed by atoms with E-state index in [0.717, 1.165) is 134 Å². The van der Waals surface area contributed by atoms with Crippen LogP contribution in [0.5, 0.6) is 0 Å². The molecule has 0 amide bonds. The number of rotatable bonds is 14. The zero-order chi connectivity index (χ0) is 97.6. The normalized spacial score (nSPS) is 11.6. The molecule has 0 N–H and O–H groups in total. The molecule has 30 aromatic rings. The molecular weight excluding hydrogens is 1810 g/mol. The van der Waals surface area contributed by atoms with Gasteiger partial charge in [-0.05, 0) is 133 Å². The van der Waals surface area contributed by atoms with Crippen LogP contribution in [0.3, 0.4) is 0 Å². The van der Waals surface area contributed by atoms with Gasteiger partial charge in [0.1, 0.15) is 5.82 Å². The van der Waals surface area contributed by atoms with E-state index in [4.69, 9.17) is 39.9 Å². The highest BCUT2D eigenvalue weighted by Crippen LogP contribution is 2.47. The summed E-state index contributed by atoms with van der Waals surface area (Å²) in [7, 11) is 0. The van der Waals surface area contributed by atoms with Gasteiger partial charge in [0.2, 0.25) is 0 Å². The third-order valence-electron chi connectivity index (χ3n) is 28.5. The Morgan fingerprint density at radius 2 is 0.426 bits per heavy atom. The second-order valence-corrected chi connectivity index (χ2v) is 37.2. The van der Waals surface area contributed by atoms with Crippen molar-refractivity contribution in [3.05, 3.63) is 516 Å². The Balaban J connectivity index is 0.000000107. The van der Waals surface area contributed by atoms with Crippen molar-refractivity contribution in [2.75, 3.05) is 0 Å². The SMILES string of the molecule is c1ccc(-c2cc(-n3c4ccccc4c4cc5c(cc43)c3ccc4ccccc4c3n5-c3ccccc3)nc(-c3ccccc3)n2)cc1.c1ccc(-c2nc(-c3ccccc3)nc(-c3cccc(-n4c5ccccc5c5cc6c7ccccc7n(-c7ccccc7)c6cc54)c3)n2)cc1.c1ccc(-c2nc(-c3ccccc3)nc(-c3cccc(-n4c5ccccc5c5cc6c7cnccc7n(-c7ccccc7)c6cc54)c3)n2)cc1. The number of hydrogen-bond donors (Lipinski definition) is 0. The molecule has 0 aliphatic rings. The Bertz CT molecular complexity index is 9840. The average molecular weight is 1890 g/mol. The van der Waals surface area contributed by atoms with Crippen LogP contribution in [0.1, 0.15) is 0 Å². The number of hydrogen-bond acceptors (Lipinski definition) is 9. The van der Waals surface area contributed by atoms with Gasteiger partial charge in [0.15, 0.2) is 40.8 Å². The molecule has 15 nitrogen and oxygen atoms in total. The highest BCUT2D eigenvalue weighted by Gasteiger charge is 2.27. The first kappa shape index (κ1) is 85.7. The van der Waals surface area contributed by atoms with Gasteiger partial charge in [-0.15, -0.1) is 0 Å². The molecule has 0 aliphatic carbocycles. The molecule has 10 aromatic heterocycles. The van der Waals surface area contributed by atoms with Crippen molar-refractivity contribution in [2.45, 2.75) is 0 Å². The van der Waals surface area contributed by atoms with E-state index in [1.54, 1.807) is 0 Å². The maximum absolute atomic E-state index is 5.25. The van der Waals surface area contributed by atoms with Gasteiger partial charge in [-0.3, -0.25) is 9.55 Å². The fourth-order valence-electron chi connectivity index (χ4n) is 21.8. The van der Waals surface area contributed by atoms with Gasteiger partial charge in [-0.2, -0.15) is 0 Å². The van der Waals surface area contributed by atoms with Gasteiger partial charge < -0.3 is 22.8 Å². The van der Waals surface area contributed by atoms with Gasteiger partial charge in [-0.1, -0.05) is 370 Å². The van der Waals surface area contributed by atoms with Crippen LogP contribution in [0.15, 0.2) is 516 Å². The minimum absolute atomic E-state index is 0.624. The Morgan fingerprint density at radius 1 is 0.142 bits per heavy atom. The third-order valence-corrected chi connectivity index (χ3v) is 28.5. The summed E-state index contributed by atoms with van der Waals surface area (Å²) in [6.07, 6.45) is 3.85. The molecule has 0 bridgehead atoms. The van der Waals surface area contributed by atoms with E-state index in [9.17, 15) is 0 Å². The second kappa shape index (κ2) is 36.0. The first-order chi connectivity index (χ1) is 73.4. The average Bonchev–Trinajstić information content (AvgIpc) is 1.56. The summed E-state index contributed by atoms with van der Waals surface area (Å²) in [5.74, 6) is 5.37. The lowest BCUT2D eigenvalue weighted by atomic mass is 10.0. The summed E-state index contributed by atoms with van der Waals surface area (Å²) < 4.78 is 14.2. The summed E-state index contributed by atoms with van der Waals surface area (Å²) in [5, 5.41) is 16.9. The summed E-state index contributed by atoms with van der Waals surface area (Å²) in [5.41, 5.74) is 27.8. The zero-order valence-electron chi connectivity index (χ0n) is 79.8. The third kappa shape index (κ3) is 14.9. The lowest BCUT2D eigenvalue weighted by molar-refractivity contribution is 1.05. The number of nitrogens with zero attached hydrogens (tertiary/aromatic N) is 15. The van der Waals surface area contributed by atoms with Crippen LogP contribution in [-0.2, 0) is 0 Å². The van der Waals surface area contributed by atoms with Gasteiger partial charge in [-0.25, -0.2) is 39.9 Å². The predicted molar refractivity (Wildman–Crippen MR) is 607 cm³/mol. The molecule has 0 saturated carbocycles. The first-order valence-corrected chi connectivity index (χ1v) is 49.7. The van der Waals surface area contributed by atoms with Crippen LogP contribution in [0.2, 0.25) is 0 Å². The van der Waals surface area contributed by atoms with Crippen molar-refractivity contribution in [1.29, 1.82) is 0 Å². The number of aromatic nitrogens is 15. The molecule has 30 rings (SSSR count). The number of fused-ring (bicyclic) bond motifs is 20. The summed E-state index contributed by atoms with van der Waals surface area (Å²) >= 11 is 0. The van der Waals surface area contributed by atoms with E-state index in [1.807, 2.05) is 158 Å². The van der Waals surface area contributed by atoms with E-state index in [0.29, 0.717) is 40.8 Å². The molecule has 0 radical (unpaired) electrons. The van der Waals surface area contributed by atoms with E-state index in [2.05, 4.69) is 390 Å². The van der Waals surface area contributed by atoms with Crippen molar-refractivity contribution in [3.8, 4) is 125 Å². The zero-order valence-corrected chi connectivity index (χ0v) is 79.8. The molecule has 0 saturated heterocycles. The molecule has 0 aliphatic heterocycles. The van der Waals surface area contributed by atoms with Crippen molar-refractivity contribution in [3.63, 3.8) is 0 Å². The molecule has 10 heterocycles. The molecule has 20 aromatic carbocycles. The van der Waals surface area contributed by atoms with Gasteiger partial charge in [0, 0.05) is 161 Å². The minimum Gasteiger partial charge on any atom is -0.309 e. The molecular formula is C133H85N15. The first-order valence-electron chi connectivity index (χ1n) is 49.7. The molecule has 0 fully saturated rings. The molecule has 692 valence electrons. The predicted octanol–water partition coefficient (Wildman–Crippen LogP) is 32.7. The van der Waals surface area contributed by atoms with E-state index in [-0.39, 0.29) is 0 Å². The van der Waals surface area contributed by atoms with Gasteiger partial charge in [0.25, 0.3) is 0 Å². The lowest BCUT2D eigenvalue weighted by Crippen LogP contribution is -2.02. The largest absolute Gasteiger partial charge is 0.309 e. The lowest BCUT2D eigenvalue weighted by Gasteiger charge is -2.12. The Hall–Kier alpha value is -20.3. The van der Waals surface area contributed by atoms with Crippen LogP contribution in [0, 0.1) is 0 Å². The van der Waals surface area contributed by atoms with Crippen LogP contribution in [-0.4, -0.2) is 72.3 Å². The molecule has 0 unspecified atom stereocenters. The summed E-state index contributed by atoms with van der Waals surface area (Å²) in [6, 6.07) is 176. The van der Waals surface area contributed by atoms with Crippen LogP contribution in [0.4, 0.5) is 0 Å².